The number of hydrogen-bond donors (Lipinski definition) is 1. The van der Waals surface area contributed by atoms with Crippen molar-refractivity contribution in [2.45, 2.75) is 40.0 Å². The number of ether oxygens (including phenoxy) is 2. The number of carboxylic acid groups (broad SMARTS) is 1. The van der Waals surface area contributed by atoms with Gasteiger partial charge in [-0.25, -0.2) is 0 Å². The van der Waals surface area contributed by atoms with Gasteiger partial charge in [-0.2, -0.15) is 0 Å². The zero-order valence-corrected chi connectivity index (χ0v) is 13.6. The number of hydrogen-bond acceptors (Lipinski definition) is 3. The lowest BCUT2D eigenvalue weighted by Gasteiger charge is -2.28. The molecule has 1 aliphatic rings. The highest BCUT2D eigenvalue weighted by atomic mass is 35.5. The lowest BCUT2D eigenvalue weighted by Crippen LogP contribution is -2.27. The van der Waals surface area contributed by atoms with Crippen LogP contribution in [0.25, 0.3) is 0 Å². The van der Waals surface area contributed by atoms with E-state index >= 15 is 0 Å². The quantitative estimate of drug-likeness (QED) is 0.916. The molecule has 1 heterocycles. The molecule has 1 aromatic carbocycles. The van der Waals surface area contributed by atoms with E-state index in [0.29, 0.717) is 36.2 Å². The molecule has 1 aromatic rings. The second-order valence-electron chi connectivity index (χ2n) is 6.31. The van der Waals surface area contributed by atoms with Crippen molar-refractivity contribution in [3.8, 4) is 11.5 Å². The number of rotatable bonds is 4. The number of halogens is 1. The number of aliphatic carboxylic acids is 1. The van der Waals surface area contributed by atoms with Gasteiger partial charge in [-0.3, -0.25) is 4.79 Å². The molecule has 1 aliphatic heterocycles. The zero-order chi connectivity index (χ0) is 15.8. The second kappa shape index (κ2) is 5.76. The third-order valence-electron chi connectivity index (χ3n) is 3.68. The van der Waals surface area contributed by atoms with E-state index in [4.69, 9.17) is 21.1 Å². The van der Waals surface area contributed by atoms with Crippen LogP contribution in [0.5, 0.6) is 11.5 Å². The van der Waals surface area contributed by atoms with Gasteiger partial charge in [0, 0.05) is 5.56 Å². The van der Waals surface area contributed by atoms with Gasteiger partial charge < -0.3 is 14.6 Å². The van der Waals surface area contributed by atoms with E-state index < -0.39 is 11.4 Å². The van der Waals surface area contributed by atoms with Gasteiger partial charge in [0.2, 0.25) is 0 Å². The summed E-state index contributed by atoms with van der Waals surface area (Å²) in [6, 6.07) is 1.81. The number of carbonyl (C=O) groups is 1. The van der Waals surface area contributed by atoms with Crippen molar-refractivity contribution >= 4 is 17.6 Å². The third-order valence-corrected chi connectivity index (χ3v) is 3.96. The second-order valence-corrected chi connectivity index (χ2v) is 6.71. The van der Waals surface area contributed by atoms with Crippen LogP contribution in [-0.2, 0) is 11.2 Å². The van der Waals surface area contributed by atoms with Crippen LogP contribution in [0.3, 0.4) is 0 Å². The van der Waals surface area contributed by atoms with Gasteiger partial charge in [0.1, 0.15) is 13.2 Å². The molecule has 0 fully saturated rings. The fraction of sp³-hybridized carbons (Fsp3) is 0.562. The van der Waals surface area contributed by atoms with E-state index in [2.05, 4.69) is 13.8 Å². The standard InChI is InChI=1S/C16H21ClO4/c1-9(2)12-10(8-16(3,4)15(18)19)7-11(17)13-14(12)21-6-5-20-13/h7,9H,5-6,8H2,1-4H3,(H,18,19). The molecular weight excluding hydrogens is 292 g/mol. The average molecular weight is 313 g/mol. The first-order chi connectivity index (χ1) is 9.74. The summed E-state index contributed by atoms with van der Waals surface area (Å²) in [6.45, 7) is 8.49. The molecule has 0 aromatic heterocycles. The normalized spacial score (nSPS) is 14.4. The van der Waals surface area contributed by atoms with Crippen LogP contribution in [0.15, 0.2) is 6.07 Å². The lowest BCUT2D eigenvalue weighted by molar-refractivity contribution is -0.146. The van der Waals surface area contributed by atoms with E-state index in [1.165, 1.54) is 0 Å². The van der Waals surface area contributed by atoms with Crippen molar-refractivity contribution < 1.29 is 19.4 Å². The summed E-state index contributed by atoms with van der Waals surface area (Å²) in [6.07, 6.45) is 0.395. The molecule has 0 spiro atoms. The zero-order valence-electron chi connectivity index (χ0n) is 12.8. The molecule has 5 heteroatoms. The van der Waals surface area contributed by atoms with Crippen LogP contribution < -0.4 is 9.47 Å². The van der Waals surface area contributed by atoms with Gasteiger partial charge in [0.25, 0.3) is 0 Å². The van der Waals surface area contributed by atoms with Crippen LogP contribution in [0.1, 0.15) is 44.7 Å². The van der Waals surface area contributed by atoms with E-state index in [0.717, 1.165) is 11.1 Å². The Balaban J connectivity index is 2.55. The lowest BCUT2D eigenvalue weighted by atomic mass is 9.82. The first kappa shape index (κ1) is 16.0. The van der Waals surface area contributed by atoms with E-state index in [1.54, 1.807) is 13.8 Å². The molecule has 0 amide bonds. The topological polar surface area (TPSA) is 55.8 Å². The summed E-state index contributed by atoms with van der Waals surface area (Å²) in [7, 11) is 0. The molecule has 21 heavy (non-hydrogen) atoms. The van der Waals surface area contributed by atoms with Crippen LogP contribution in [0.2, 0.25) is 5.02 Å². The summed E-state index contributed by atoms with van der Waals surface area (Å²) in [5.41, 5.74) is 1.03. The Bertz CT molecular complexity index is 564. The fourth-order valence-electron chi connectivity index (χ4n) is 2.57. The van der Waals surface area contributed by atoms with Crippen LogP contribution in [0, 0.1) is 5.41 Å². The maximum Gasteiger partial charge on any atom is 0.309 e. The van der Waals surface area contributed by atoms with Gasteiger partial charge >= 0.3 is 5.97 Å². The van der Waals surface area contributed by atoms with Gasteiger partial charge in [0.05, 0.1) is 10.4 Å². The predicted octanol–water partition coefficient (Wildman–Crippen LogP) is 3.89. The van der Waals surface area contributed by atoms with Crippen LogP contribution >= 0.6 is 11.6 Å². The highest BCUT2D eigenvalue weighted by Gasteiger charge is 2.32. The summed E-state index contributed by atoms with van der Waals surface area (Å²) in [5, 5.41) is 9.83. The maximum absolute atomic E-state index is 11.4. The Kier molecular flexibility index (Phi) is 4.38. The van der Waals surface area contributed by atoms with Gasteiger partial charge in [-0.15, -0.1) is 0 Å². The van der Waals surface area contributed by atoms with Crippen molar-refractivity contribution in [1.29, 1.82) is 0 Å². The highest BCUT2D eigenvalue weighted by Crippen LogP contribution is 2.46. The first-order valence-corrected chi connectivity index (χ1v) is 7.46. The van der Waals surface area contributed by atoms with Crippen molar-refractivity contribution in [3.05, 3.63) is 22.2 Å². The minimum absolute atomic E-state index is 0.192. The van der Waals surface area contributed by atoms with Crippen LogP contribution in [-0.4, -0.2) is 24.3 Å². The molecular formula is C16H21ClO4. The van der Waals surface area contributed by atoms with Crippen molar-refractivity contribution in [1.82, 2.24) is 0 Å². The Morgan fingerprint density at radius 2 is 1.90 bits per heavy atom. The summed E-state index contributed by atoms with van der Waals surface area (Å²) < 4.78 is 11.4. The predicted molar refractivity (Wildman–Crippen MR) is 81.7 cm³/mol. The Labute approximate surface area is 130 Å². The summed E-state index contributed by atoms with van der Waals surface area (Å²) >= 11 is 6.28. The molecule has 0 saturated heterocycles. The smallest absolute Gasteiger partial charge is 0.309 e. The van der Waals surface area contributed by atoms with Gasteiger partial charge in [0.15, 0.2) is 11.5 Å². The molecule has 2 rings (SSSR count). The molecule has 0 unspecified atom stereocenters. The molecule has 4 nitrogen and oxygen atoms in total. The van der Waals surface area contributed by atoms with Gasteiger partial charge in [-0.05, 0) is 37.8 Å². The molecule has 0 aliphatic carbocycles. The highest BCUT2D eigenvalue weighted by molar-refractivity contribution is 6.32. The van der Waals surface area contributed by atoms with Crippen molar-refractivity contribution in [2.24, 2.45) is 5.41 Å². The SMILES string of the molecule is CC(C)c1c(CC(C)(C)C(=O)O)cc(Cl)c2c1OCCO2. The molecule has 0 atom stereocenters. The number of fused-ring (bicyclic) bond motifs is 1. The fourth-order valence-corrected chi connectivity index (χ4v) is 2.84. The largest absolute Gasteiger partial charge is 0.486 e. The summed E-state index contributed by atoms with van der Waals surface area (Å²) in [4.78, 5) is 11.4. The Hall–Kier alpha value is -1.42. The molecule has 0 radical (unpaired) electrons. The third kappa shape index (κ3) is 3.10. The minimum atomic E-state index is -0.864. The van der Waals surface area contributed by atoms with E-state index in [1.807, 2.05) is 6.07 Å². The molecule has 1 N–H and O–H groups in total. The average Bonchev–Trinajstić information content (AvgIpc) is 2.37. The monoisotopic (exact) mass is 312 g/mol. The van der Waals surface area contributed by atoms with Crippen molar-refractivity contribution in [2.75, 3.05) is 13.2 Å². The van der Waals surface area contributed by atoms with Gasteiger partial charge in [-0.1, -0.05) is 25.4 Å². The number of carboxylic acids is 1. The van der Waals surface area contributed by atoms with E-state index in [9.17, 15) is 9.90 Å². The minimum Gasteiger partial charge on any atom is -0.486 e. The Morgan fingerprint density at radius 3 is 2.43 bits per heavy atom. The van der Waals surface area contributed by atoms with Crippen LogP contribution in [0.4, 0.5) is 0 Å². The number of benzene rings is 1. The first-order valence-electron chi connectivity index (χ1n) is 7.08. The summed E-state index contributed by atoms with van der Waals surface area (Å²) in [5.74, 6) is 0.601. The molecule has 0 bridgehead atoms. The van der Waals surface area contributed by atoms with E-state index in [-0.39, 0.29) is 5.92 Å². The van der Waals surface area contributed by atoms with Crippen molar-refractivity contribution in [3.63, 3.8) is 0 Å². The maximum atomic E-state index is 11.4. The Morgan fingerprint density at radius 1 is 1.33 bits per heavy atom. The molecule has 116 valence electrons. The molecule has 0 saturated carbocycles.